The number of hydrogen-bond donors (Lipinski definition) is 2. The number of aliphatic carboxylic acids is 1. The summed E-state index contributed by atoms with van der Waals surface area (Å²) in [6, 6.07) is 7.50. The fraction of sp³-hybridized carbons (Fsp3) is 0.167. The summed E-state index contributed by atoms with van der Waals surface area (Å²) in [6.45, 7) is 0. The normalized spacial score (nSPS) is 12.6. The molecule has 17 heavy (non-hydrogen) atoms. The molecule has 0 bridgehead atoms. The second-order valence-corrected chi connectivity index (χ2v) is 3.84. The van der Waals surface area contributed by atoms with Crippen molar-refractivity contribution in [3.05, 3.63) is 46.2 Å². The summed E-state index contributed by atoms with van der Waals surface area (Å²) in [4.78, 5) is 22.8. The van der Waals surface area contributed by atoms with Gasteiger partial charge in [-0.3, -0.25) is 9.59 Å². The van der Waals surface area contributed by atoms with Crippen LogP contribution >= 0.6 is 0 Å². The van der Waals surface area contributed by atoms with Crippen molar-refractivity contribution in [2.45, 2.75) is 6.04 Å². The number of pyridine rings is 1. The molecular formula is C12H12N2O3. The Morgan fingerprint density at radius 3 is 2.71 bits per heavy atom. The maximum Gasteiger partial charge on any atom is 0.325 e. The van der Waals surface area contributed by atoms with Crippen molar-refractivity contribution in [2.75, 3.05) is 0 Å². The van der Waals surface area contributed by atoms with Crippen molar-refractivity contribution >= 4 is 16.9 Å². The molecular weight excluding hydrogens is 220 g/mol. The van der Waals surface area contributed by atoms with Crippen LogP contribution in [0.5, 0.6) is 0 Å². The van der Waals surface area contributed by atoms with Crippen LogP contribution in [0.1, 0.15) is 11.6 Å². The van der Waals surface area contributed by atoms with Crippen LogP contribution in [0.25, 0.3) is 10.9 Å². The average molecular weight is 232 g/mol. The van der Waals surface area contributed by atoms with Crippen molar-refractivity contribution in [1.82, 2.24) is 4.57 Å². The second-order valence-electron chi connectivity index (χ2n) is 3.84. The fourth-order valence-corrected chi connectivity index (χ4v) is 1.80. The molecule has 0 saturated heterocycles. The number of fused-ring (bicyclic) bond motifs is 1. The van der Waals surface area contributed by atoms with Gasteiger partial charge in [0.25, 0.3) is 5.56 Å². The van der Waals surface area contributed by atoms with Crippen LogP contribution in [0, 0.1) is 0 Å². The Kier molecular flexibility index (Phi) is 2.69. The Bertz CT molecular complexity index is 646. The number of para-hydroxylation sites is 1. The molecule has 0 aliphatic rings. The minimum absolute atomic E-state index is 0.0960. The van der Waals surface area contributed by atoms with Crippen LogP contribution in [0.2, 0.25) is 0 Å². The van der Waals surface area contributed by atoms with E-state index in [1.165, 1.54) is 10.6 Å². The van der Waals surface area contributed by atoms with E-state index in [4.69, 9.17) is 10.8 Å². The zero-order valence-electron chi connectivity index (χ0n) is 9.25. The molecule has 5 nitrogen and oxygen atoms in total. The van der Waals surface area contributed by atoms with Crippen molar-refractivity contribution in [3.8, 4) is 0 Å². The van der Waals surface area contributed by atoms with Gasteiger partial charge in [-0.05, 0) is 17.5 Å². The molecule has 0 fully saturated rings. The fourth-order valence-electron chi connectivity index (χ4n) is 1.80. The van der Waals surface area contributed by atoms with Crippen molar-refractivity contribution in [3.63, 3.8) is 0 Å². The number of carbonyl (C=O) groups is 1. The Morgan fingerprint density at radius 2 is 2.06 bits per heavy atom. The standard InChI is InChI=1S/C12H12N2O3/c1-14-9-5-3-2-4-7(9)6-8(11(14)15)10(13)12(16)17/h2-6,10H,13H2,1H3,(H,16,17). The molecule has 2 rings (SSSR count). The van der Waals surface area contributed by atoms with Gasteiger partial charge in [0.2, 0.25) is 0 Å². The van der Waals surface area contributed by atoms with Gasteiger partial charge < -0.3 is 15.4 Å². The molecule has 5 heteroatoms. The largest absolute Gasteiger partial charge is 0.480 e. The number of carboxylic acid groups (broad SMARTS) is 1. The van der Waals surface area contributed by atoms with Crippen molar-refractivity contribution in [1.29, 1.82) is 0 Å². The minimum Gasteiger partial charge on any atom is -0.480 e. The van der Waals surface area contributed by atoms with Gasteiger partial charge in [-0.2, -0.15) is 0 Å². The molecule has 1 aromatic carbocycles. The maximum absolute atomic E-state index is 11.9. The smallest absolute Gasteiger partial charge is 0.325 e. The second kappa shape index (κ2) is 4.03. The van der Waals surface area contributed by atoms with Gasteiger partial charge in [0.1, 0.15) is 6.04 Å². The summed E-state index contributed by atoms with van der Waals surface area (Å²) in [7, 11) is 1.60. The molecule has 3 N–H and O–H groups in total. The van der Waals surface area contributed by atoms with Gasteiger partial charge in [-0.1, -0.05) is 18.2 Å². The summed E-state index contributed by atoms with van der Waals surface area (Å²) >= 11 is 0. The van der Waals surface area contributed by atoms with E-state index in [2.05, 4.69) is 0 Å². The zero-order valence-corrected chi connectivity index (χ0v) is 9.25. The molecule has 1 heterocycles. The first kappa shape index (κ1) is 11.3. The highest BCUT2D eigenvalue weighted by molar-refractivity contribution is 5.82. The predicted octanol–water partition coefficient (Wildman–Crippen LogP) is 0.623. The molecule has 1 aromatic heterocycles. The lowest BCUT2D eigenvalue weighted by atomic mass is 10.1. The average Bonchev–Trinajstić information content (AvgIpc) is 2.33. The van der Waals surface area contributed by atoms with Gasteiger partial charge in [0.05, 0.1) is 5.52 Å². The topological polar surface area (TPSA) is 85.3 Å². The number of benzene rings is 1. The molecule has 0 spiro atoms. The van der Waals surface area contributed by atoms with Gasteiger partial charge in [-0.15, -0.1) is 0 Å². The van der Waals surface area contributed by atoms with E-state index in [-0.39, 0.29) is 11.1 Å². The Balaban J connectivity index is 2.79. The van der Waals surface area contributed by atoms with Crippen LogP contribution in [-0.4, -0.2) is 15.6 Å². The number of hydrogen-bond acceptors (Lipinski definition) is 3. The van der Waals surface area contributed by atoms with Gasteiger partial charge in [-0.25, -0.2) is 0 Å². The Labute approximate surface area is 97.1 Å². The third kappa shape index (κ3) is 1.81. The summed E-state index contributed by atoms with van der Waals surface area (Å²) in [5, 5.41) is 9.64. The van der Waals surface area contributed by atoms with Crippen LogP contribution in [0.3, 0.4) is 0 Å². The number of nitrogens with zero attached hydrogens (tertiary/aromatic N) is 1. The minimum atomic E-state index is -1.29. The number of aryl methyl sites for hydroxylation is 1. The molecule has 0 radical (unpaired) electrons. The van der Waals surface area contributed by atoms with E-state index in [1.807, 2.05) is 18.2 Å². The number of carboxylic acids is 1. The molecule has 1 unspecified atom stereocenters. The Hall–Kier alpha value is -2.14. The maximum atomic E-state index is 11.9. The van der Waals surface area contributed by atoms with Crippen molar-refractivity contribution < 1.29 is 9.90 Å². The molecule has 0 saturated carbocycles. The number of rotatable bonds is 2. The molecule has 2 aromatic rings. The molecule has 0 amide bonds. The highest BCUT2D eigenvalue weighted by atomic mass is 16.4. The lowest BCUT2D eigenvalue weighted by molar-refractivity contribution is -0.138. The van der Waals surface area contributed by atoms with E-state index in [0.717, 1.165) is 10.9 Å². The first-order valence-electron chi connectivity index (χ1n) is 5.09. The summed E-state index contributed by atoms with van der Waals surface area (Å²) in [6.07, 6.45) is 0. The van der Waals surface area contributed by atoms with E-state index in [9.17, 15) is 9.59 Å². The third-order valence-electron chi connectivity index (χ3n) is 2.76. The van der Waals surface area contributed by atoms with E-state index in [1.54, 1.807) is 13.1 Å². The van der Waals surface area contributed by atoms with Crippen molar-refractivity contribution in [2.24, 2.45) is 12.8 Å². The lowest BCUT2D eigenvalue weighted by Crippen LogP contribution is -2.31. The molecule has 1 atom stereocenters. The monoisotopic (exact) mass is 232 g/mol. The predicted molar refractivity (Wildman–Crippen MR) is 63.8 cm³/mol. The Morgan fingerprint density at radius 1 is 1.41 bits per heavy atom. The lowest BCUT2D eigenvalue weighted by Gasteiger charge is -2.11. The highest BCUT2D eigenvalue weighted by Gasteiger charge is 2.19. The summed E-state index contributed by atoms with van der Waals surface area (Å²) in [5.74, 6) is -1.21. The molecule has 0 aliphatic carbocycles. The number of nitrogens with two attached hydrogens (primary N) is 1. The molecule has 88 valence electrons. The van der Waals surface area contributed by atoms with Crippen LogP contribution in [0.15, 0.2) is 35.1 Å². The highest BCUT2D eigenvalue weighted by Crippen LogP contribution is 2.15. The first-order valence-corrected chi connectivity index (χ1v) is 5.09. The first-order chi connectivity index (χ1) is 8.02. The summed E-state index contributed by atoms with van der Waals surface area (Å²) in [5.41, 5.74) is 5.95. The van der Waals surface area contributed by atoms with Gasteiger partial charge in [0, 0.05) is 12.6 Å². The SMILES string of the molecule is Cn1c(=O)c(C(N)C(=O)O)cc2ccccc21. The van der Waals surface area contributed by atoms with E-state index < -0.39 is 12.0 Å². The van der Waals surface area contributed by atoms with Crippen LogP contribution in [0.4, 0.5) is 0 Å². The van der Waals surface area contributed by atoms with E-state index >= 15 is 0 Å². The quantitative estimate of drug-likeness (QED) is 0.795. The third-order valence-corrected chi connectivity index (χ3v) is 2.76. The molecule has 0 aliphatic heterocycles. The van der Waals surface area contributed by atoms with Crippen LogP contribution < -0.4 is 11.3 Å². The van der Waals surface area contributed by atoms with Gasteiger partial charge >= 0.3 is 5.97 Å². The zero-order chi connectivity index (χ0) is 12.6. The van der Waals surface area contributed by atoms with Crippen LogP contribution in [-0.2, 0) is 11.8 Å². The summed E-state index contributed by atoms with van der Waals surface area (Å²) < 4.78 is 1.41. The van der Waals surface area contributed by atoms with E-state index in [0.29, 0.717) is 0 Å². The van der Waals surface area contributed by atoms with Gasteiger partial charge in [0.15, 0.2) is 0 Å². The number of aromatic nitrogens is 1.